The van der Waals surface area contributed by atoms with E-state index in [2.05, 4.69) is 24.0 Å². The molecule has 2 heterocycles. The van der Waals surface area contributed by atoms with Gasteiger partial charge in [-0.15, -0.1) is 10.2 Å². The van der Waals surface area contributed by atoms with E-state index < -0.39 is 0 Å². The molecule has 0 spiro atoms. The Bertz CT molecular complexity index is 905. The molecule has 0 radical (unpaired) electrons. The third-order valence-electron chi connectivity index (χ3n) is 4.80. The number of benzene rings is 1. The summed E-state index contributed by atoms with van der Waals surface area (Å²) in [7, 11) is 0. The highest BCUT2D eigenvalue weighted by Gasteiger charge is 2.40. The Labute approximate surface area is 166 Å². The number of nitrogens with zero attached hydrogens (tertiary/aromatic N) is 3. The molecule has 1 aliphatic heterocycles. The molecule has 1 atom stereocenters. The van der Waals surface area contributed by atoms with E-state index in [-0.39, 0.29) is 17.6 Å². The number of carbonyl (C=O) groups is 2. The molecule has 1 unspecified atom stereocenters. The van der Waals surface area contributed by atoms with Crippen LogP contribution in [-0.4, -0.2) is 27.1 Å². The average molecular weight is 400 g/mol. The van der Waals surface area contributed by atoms with Gasteiger partial charge in [0.05, 0.1) is 0 Å². The quantitative estimate of drug-likeness (QED) is 0.557. The maximum atomic E-state index is 13.1. The second kappa shape index (κ2) is 7.56. The molecule has 140 valence electrons. The van der Waals surface area contributed by atoms with E-state index in [0.29, 0.717) is 23.2 Å². The highest BCUT2D eigenvalue weighted by molar-refractivity contribution is 8.01. The van der Waals surface area contributed by atoms with Crippen molar-refractivity contribution in [3.8, 4) is 0 Å². The lowest BCUT2D eigenvalue weighted by Gasteiger charge is -2.36. The van der Waals surface area contributed by atoms with Gasteiger partial charge in [0.1, 0.15) is 0 Å². The summed E-state index contributed by atoms with van der Waals surface area (Å²) in [4.78, 5) is 27.6. The zero-order valence-electron chi connectivity index (χ0n) is 15.3. The van der Waals surface area contributed by atoms with E-state index in [1.54, 1.807) is 16.7 Å². The molecule has 0 bridgehead atoms. The first-order valence-corrected chi connectivity index (χ1v) is 10.9. The second-order valence-corrected chi connectivity index (χ2v) is 9.83. The van der Waals surface area contributed by atoms with Crippen LogP contribution < -0.4 is 4.90 Å². The SMILES string of the molecule is CC(C)Sc1nnc(N2C(=O)CC(c3ccccc3)C3=C2CCCC3=O)s1. The van der Waals surface area contributed by atoms with Gasteiger partial charge in [-0.05, 0) is 18.4 Å². The number of aromatic nitrogens is 2. The van der Waals surface area contributed by atoms with Crippen LogP contribution in [0, 0.1) is 0 Å². The maximum absolute atomic E-state index is 13.1. The molecule has 0 fully saturated rings. The summed E-state index contributed by atoms with van der Waals surface area (Å²) in [5.74, 6) is -0.00590. The Morgan fingerprint density at radius 2 is 1.93 bits per heavy atom. The fourth-order valence-corrected chi connectivity index (χ4v) is 5.83. The van der Waals surface area contributed by atoms with Crippen molar-refractivity contribution < 1.29 is 9.59 Å². The van der Waals surface area contributed by atoms with E-state index in [1.165, 1.54) is 11.3 Å². The standard InChI is InChI=1S/C20H21N3O2S2/c1-12(2)26-20-22-21-19(27-20)23-15-9-6-10-16(24)18(15)14(11-17(23)25)13-7-4-3-5-8-13/h3-5,7-8,12,14H,6,9-11H2,1-2H3. The maximum Gasteiger partial charge on any atom is 0.234 e. The predicted octanol–water partition coefficient (Wildman–Crippen LogP) is 4.57. The van der Waals surface area contributed by atoms with Crippen molar-refractivity contribution in [2.75, 3.05) is 4.90 Å². The van der Waals surface area contributed by atoms with E-state index in [9.17, 15) is 9.59 Å². The van der Waals surface area contributed by atoms with Crippen LogP contribution in [0.25, 0.3) is 0 Å². The molecule has 0 N–H and O–H groups in total. The van der Waals surface area contributed by atoms with E-state index >= 15 is 0 Å². The fourth-order valence-electron chi connectivity index (χ4n) is 3.73. The Morgan fingerprint density at radius 1 is 1.15 bits per heavy atom. The van der Waals surface area contributed by atoms with Crippen molar-refractivity contribution in [3.63, 3.8) is 0 Å². The lowest BCUT2D eigenvalue weighted by Crippen LogP contribution is -2.40. The minimum absolute atomic E-state index is 0.00505. The van der Waals surface area contributed by atoms with Gasteiger partial charge in [-0.1, -0.05) is 67.3 Å². The molecule has 1 aromatic heterocycles. The molecule has 0 saturated heterocycles. The van der Waals surface area contributed by atoms with E-state index in [4.69, 9.17) is 0 Å². The lowest BCUT2D eigenvalue weighted by molar-refractivity contribution is -0.119. The number of rotatable bonds is 4. The minimum Gasteiger partial charge on any atom is -0.294 e. The summed E-state index contributed by atoms with van der Waals surface area (Å²) < 4.78 is 0.849. The number of Topliss-reactive ketones (excluding diaryl/α,β-unsaturated/α-hetero) is 1. The first-order chi connectivity index (χ1) is 13.0. The first kappa shape index (κ1) is 18.4. The molecular formula is C20H21N3O2S2. The number of anilines is 1. The van der Waals surface area contributed by atoms with Gasteiger partial charge >= 0.3 is 0 Å². The normalized spacial score (nSPS) is 20.4. The molecule has 5 nitrogen and oxygen atoms in total. The summed E-state index contributed by atoms with van der Waals surface area (Å²) in [6.07, 6.45) is 2.34. The summed E-state index contributed by atoms with van der Waals surface area (Å²) in [6, 6.07) is 9.87. The van der Waals surface area contributed by atoms with Crippen molar-refractivity contribution >= 4 is 39.9 Å². The Balaban J connectivity index is 1.77. The van der Waals surface area contributed by atoms with Gasteiger partial charge in [0, 0.05) is 35.3 Å². The molecule has 2 aliphatic rings. The number of carbonyl (C=O) groups excluding carboxylic acids is 2. The largest absolute Gasteiger partial charge is 0.294 e. The van der Waals surface area contributed by atoms with Crippen LogP contribution in [0.4, 0.5) is 5.13 Å². The van der Waals surface area contributed by atoms with E-state index in [1.807, 2.05) is 30.3 Å². The molecule has 27 heavy (non-hydrogen) atoms. The van der Waals surface area contributed by atoms with Crippen LogP contribution >= 0.6 is 23.1 Å². The summed E-state index contributed by atoms with van der Waals surface area (Å²) in [5.41, 5.74) is 2.65. The number of ketones is 1. The summed E-state index contributed by atoms with van der Waals surface area (Å²) in [6.45, 7) is 4.20. The van der Waals surface area contributed by atoms with Gasteiger partial charge in [-0.3, -0.25) is 14.5 Å². The third-order valence-corrected chi connectivity index (χ3v) is 6.80. The number of hydrogen-bond donors (Lipinski definition) is 0. The predicted molar refractivity (Wildman–Crippen MR) is 108 cm³/mol. The fraction of sp³-hybridized carbons (Fsp3) is 0.400. The first-order valence-electron chi connectivity index (χ1n) is 9.19. The molecular weight excluding hydrogens is 378 g/mol. The van der Waals surface area contributed by atoms with Crippen LogP contribution in [0.3, 0.4) is 0 Å². The summed E-state index contributed by atoms with van der Waals surface area (Å²) in [5, 5.41) is 9.47. The molecule has 1 amide bonds. The van der Waals surface area contributed by atoms with Gasteiger partial charge in [0.15, 0.2) is 10.1 Å². The Morgan fingerprint density at radius 3 is 2.67 bits per heavy atom. The van der Waals surface area contributed by atoms with Gasteiger partial charge in [-0.25, -0.2) is 0 Å². The van der Waals surface area contributed by atoms with Crippen molar-refractivity contribution in [2.24, 2.45) is 0 Å². The van der Waals surface area contributed by atoms with Crippen molar-refractivity contribution in [3.05, 3.63) is 47.2 Å². The lowest BCUT2D eigenvalue weighted by atomic mass is 9.77. The summed E-state index contributed by atoms with van der Waals surface area (Å²) >= 11 is 3.06. The molecule has 7 heteroatoms. The van der Waals surface area contributed by atoms with Crippen LogP contribution in [0.2, 0.25) is 0 Å². The number of thioether (sulfide) groups is 1. The monoisotopic (exact) mass is 399 g/mol. The third kappa shape index (κ3) is 3.58. The molecule has 4 rings (SSSR count). The number of amides is 1. The van der Waals surface area contributed by atoms with Crippen molar-refractivity contribution in [1.82, 2.24) is 10.2 Å². The Kier molecular flexibility index (Phi) is 5.14. The zero-order valence-corrected chi connectivity index (χ0v) is 17.0. The van der Waals surface area contributed by atoms with E-state index in [0.717, 1.165) is 34.0 Å². The van der Waals surface area contributed by atoms with Crippen molar-refractivity contribution in [2.45, 2.75) is 55.0 Å². The minimum atomic E-state index is -0.157. The van der Waals surface area contributed by atoms with Gasteiger partial charge in [0.2, 0.25) is 11.0 Å². The molecule has 0 saturated carbocycles. The Hall–Kier alpha value is -1.99. The highest BCUT2D eigenvalue weighted by atomic mass is 32.2. The molecule has 2 aromatic rings. The van der Waals surface area contributed by atoms with Crippen LogP contribution in [0.1, 0.15) is 51.0 Å². The van der Waals surface area contributed by atoms with Gasteiger partial charge in [-0.2, -0.15) is 0 Å². The number of hydrogen-bond acceptors (Lipinski definition) is 6. The van der Waals surface area contributed by atoms with Crippen LogP contribution in [0.5, 0.6) is 0 Å². The smallest absolute Gasteiger partial charge is 0.234 e. The van der Waals surface area contributed by atoms with Gasteiger partial charge < -0.3 is 0 Å². The molecule has 1 aliphatic carbocycles. The number of allylic oxidation sites excluding steroid dienone is 2. The van der Waals surface area contributed by atoms with Gasteiger partial charge in [0.25, 0.3) is 0 Å². The second-order valence-electron chi connectivity index (χ2n) is 7.05. The van der Waals surface area contributed by atoms with Crippen LogP contribution in [-0.2, 0) is 9.59 Å². The van der Waals surface area contributed by atoms with Crippen LogP contribution in [0.15, 0.2) is 45.9 Å². The highest BCUT2D eigenvalue weighted by Crippen LogP contribution is 2.44. The topological polar surface area (TPSA) is 63.2 Å². The van der Waals surface area contributed by atoms with Crippen molar-refractivity contribution in [1.29, 1.82) is 0 Å². The zero-order chi connectivity index (χ0) is 19.0. The molecule has 1 aromatic carbocycles. The average Bonchev–Trinajstić information content (AvgIpc) is 3.09.